The Morgan fingerprint density at radius 3 is 2.64 bits per heavy atom. The molecule has 0 bridgehead atoms. The summed E-state index contributed by atoms with van der Waals surface area (Å²) in [6, 6.07) is 4.05. The van der Waals surface area contributed by atoms with Gasteiger partial charge in [0.15, 0.2) is 0 Å². The van der Waals surface area contributed by atoms with Crippen molar-refractivity contribution < 1.29 is 0 Å². The Morgan fingerprint density at radius 2 is 1.91 bits per heavy atom. The predicted molar refractivity (Wildman–Crippen MR) is 51.3 cm³/mol. The number of aromatic amines is 1. The van der Waals surface area contributed by atoms with Crippen LogP contribution in [0.15, 0.2) is 12.1 Å². The van der Waals surface area contributed by atoms with E-state index in [0.717, 1.165) is 11.0 Å². The number of hydrogen-bond donors (Lipinski definition) is 1. The topological polar surface area (TPSA) is 41.6 Å². The minimum Gasteiger partial charge on any atom is -0.197 e. The Kier molecular flexibility index (Phi) is 1.56. The minimum absolute atomic E-state index is 0.931. The average Bonchev–Trinajstić information content (AvgIpc) is 2.36. The molecule has 0 fully saturated rings. The summed E-state index contributed by atoms with van der Waals surface area (Å²) in [7, 11) is 0. The number of nitrogens with one attached hydrogen (secondary N) is 1. The van der Waals surface area contributed by atoms with Gasteiger partial charge in [0.05, 0.1) is 0 Å². The fraction of sp³-hybridized carbons (Fsp3) is 0.143. The number of hydrogen-bond acceptors (Lipinski definition) is 2. The van der Waals surface area contributed by atoms with Gasteiger partial charge >= 0.3 is 0 Å². The van der Waals surface area contributed by atoms with Crippen LogP contribution in [0.5, 0.6) is 0 Å². The molecule has 0 aliphatic rings. The molecule has 11 heavy (non-hydrogen) atoms. The third-order valence-corrected chi connectivity index (χ3v) is 2.76. The Bertz CT molecular complexity index is 357. The Labute approximate surface area is 77.3 Å². The number of fused-ring (bicyclic) bond motifs is 1. The zero-order valence-electron chi connectivity index (χ0n) is 5.93. The summed E-state index contributed by atoms with van der Waals surface area (Å²) in [5.41, 5.74) is 3.11. The van der Waals surface area contributed by atoms with Gasteiger partial charge in [-0.25, -0.2) is 0 Å². The van der Waals surface area contributed by atoms with Crippen molar-refractivity contribution in [2.75, 3.05) is 0 Å². The largest absolute Gasteiger partial charge is 0.197 e. The molecule has 56 valence electrons. The van der Waals surface area contributed by atoms with Crippen molar-refractivity contribution in [3.63, 3.8) is 0 Å². The van der Waals surface area contributed by atoms with Gasteiger partial charge in [-0.05, 0) is 47.2 Å². The normalized spacial score (nSPS) is 10.7. The molecule has 0 spiro atoms. The van der Waals surface area contributed by atoms with Gasteiger partial charge in [-0.2, -0.15) is 15.4 Å². The molecule has 2 aromatic rings. The third kappa shape index (κ3) is 1.11. The zero-order chi connectivity index (χ0) is 7.84. The van der Waals surface area contributed by atoms with Crippen LogP contribution >= 0.6 is 22.6 Å². The SMILES string of the molecule is Cc1cc2n[nH]nc2cc1I. The summed E-state index contributed by atoms with van der Waals surface area (Å²) in [4.78, 5) is 0. The van der Waals surface area contributed by atoms with Gasteiger partial charge in [-0.15, -0.1) is 0 Å². The first-order chi connectivity index (χ1) is 5.27. The highest BCUT2D eigenvalue weighted by Gasteiger charge is 2.00. The molecular formula is C7H6IN3. The average molecular weight is 259 g/mol. The maximum atomic E-state index is 3.98. The van der Waals surface area contributed by atoms with E-state index in [4.69, 9.17) is 0 Å². The van der Waals surface area contributed by atoms with Gasteiger partial charge in [-0.1, -0.05) is 0 Å². The second kappa shape index (κ2) is 2.44. The molecule has 0 saturated heterocycles. The Morgan fingerprint density at radius 1 is 1.27 bits per heavy atom. The first-order valence-electron chi connectivity index (χ1n) is 3.24. The number of benzene rings is 1. The molecule has 0 unspecified atom stereocenters. The molecule has 2 rings (SSSR count). The van der Waals surface area contributed by atoms with Gasteiger partial charge in [0.2, 0.25) is 0 Å². The highest BCUT2D eigenvalue weighted by Crippen LogP contribution is 2.16. The smallest absolute Gasteiger partial charge is 0.114 e. The minimum atomic E-state index is 0.931. The molecule has 0 radical (unpaired) electrons. The van der Waals surface area contributed by atoms with E-state index in [-0.39, 0.29) is 0 Å². The van der Waals surface area contributed by atoms with E-state index in [0.29, 0.717) is 0 Å². The van der Waals surface area contributed by atoms with Crippen molar-refractivity contribution in [1.29, 1.82) is 0 Å². The fourth-order valence-electron chi connectivity index (χ4n) is 0.968. The van der Waals surface area contributed by atoms with Crippen molar-refractivity contribution in [1.82, 2.24) is 15.4 Å². The molecule has 4 heteroatoms. The van der Waals surface area contributed by atoms with Gasteiger partial charge in [-0.3, -0.25) is 0 Å². The van der Waals surface area contributed by atoms with E-state index in [2.05, 4.69) is 44.9 Å². The van der Waals surface area contributed by atoms with Gasteiger partial charge in [0.25, 0.3) is 0 Å². The van der Waals surface area contributed by atoms with Crippen LogP contribution in [0.25, 0.3) is 11.0 Å². The van der Waals surface area contributed by atoms with Gasteiger partial charge in [0, 0.05) is 3.57 Å². The monoisotopic (exact) mass is 259 g/mol. The summed E-state index contributed by atoms with van der Waals surface area (Å²) >= 11 is 2.29. The summed E-state index contributed by atoms with van der Waals surface area (Å²) < 4.78 is 1.23. The van der Waals surface area contributed by atoms with Crippen molar-refractivity contribution in [3.8, 4) is 0 Å². The number of aromatic nitrogens is 3. The molecular weight excluding hydrogens is 253 g/mol. The van der Waals surface area contributed by atoms with Crippen molar-refractivity contribution in [2.45, 2.75) is 6.92 Å². The van der Waals surface area contributed by atoms with Crippen LogP contribution < -0.4 is 0 Å². The van der Waals surface area contributed by atoms with Crippen LogP contribution in [0.1, 0.15) is 5.56 Å². The van der Waals surface area contributed by atoms with Crippen LogP contribution in [0.3, 0.4) is 0 Å². The number of nitrogens with zero attached hydrogens (tertiary/aromatic N) is 2. The lowest BCUT2D eigenvalue weighted by atomic mass is 10.2. The molecule has 3 nitrogen and oxygen atoms in total. The molecule has 0 saturated carbocycles. The van der Waals surface area contributed by atoms with Crippen LogP contribution in [-0.4, -0.2) is 15.4 Å². The standard InChI is InChI=1S/C7H6IN3/c1-4-2-6-7(3-5(4)8)10-11-9-6/h2-3H,1H3,(H,9,10,11). The van der Waals surface area contributed by atoms with Gasteiger partial charge in [0.1, 0.15) is 11.0 Å². The van der Waals surface area contributed by atoms with Gasteiger partial charge < -0.3 is 0 Å². The molecule has 0 atom stereocenters. The maximum absolute atomic E-state index is 3.98. The van der Waals surface area contributed by atoms with E-state index in [9.17, 15) is 0 Å². The predicted octanol–water partition coefficient (Wildman–Crippen LogP) is 1.87. The zero-order valence-corrected chi connectivity index (χ0v) is 8.08. The first-order valence-corrected chi connectivity index (χ1v) is 4.32. The lowest BCUT2D eigenvalue weighted by Gasteiger charge is -1.94. The highest BCUT2D eigenvalue weighted by molar-refractivity contribution is 14.1. The molecule has 0 amide bonds. The quantitative estimate of drug-likeness (QED) is 0.734. The Hall–Kier alpha value is -0.650. The number of H-pyrrole nitrogens is 1. The van der Waals surface area contributed by atoms with E-state index in [1.807, 2.05) is 12.1 Å². The molecule has 1 N–H and O–H groups in total. The lowest BCUT2D eigenvalue weighted by molar-refractivity contribution is 0.959. The van der Waals surface area contributed by atoms with Crippen molar-refractivity contribution in [2.24, 2.45) is 0 Å². The summed E-state index contributed by atoms with van der Waals surface area (Å²) in [6.45, 7) is 2.07. The second-order valence-electron chi connectivity index (χ2n) is 2.41. The van der Waals surface area contributed by atoms with E-state index < -0.39 is 0 Å². The van der Waals surface area contributed by atoms with Crippen LogP contribution in [0, 0.1) is 10.5 Å². The lowest BCUT2D eigenvalue weighted by Crippen LogP contribution is -1.79. The summed E-state index contributed by atoms with van der Waals surface area (Å²) in [6.07, 6.45) is 0. The van der Waals surface area contributed by atoms with Crippen molar-refractivity contribution >= 4 is 33.6 Å². The summed E-state index contributed by atoms with van der Waals surface area (Å²) in [5.74, 6) is 0. The number of halogens is 1. The Balaban J connectivity index is 2.86. The maximum Gasteiger partial charge on any atom is 0.114 e. The van der Waals surface area contributed by atoms with Crippen LogP contribution in [0.4, 0.5) is 0 Å². The fourth-order valence-corrected chi connectivity index (χ4v) is 1.42. The molecule has 0 aliphatic heterocycles. The van der Waals surface area contributed by atoms with Crippen molar-refractivity contribution in [3.05, 3.63) is 21.3 Å². The molecule has 1 heterocycles. The van der Waals surface area contributed by atoms with E-state index in [1.54, 1.807) is 0 Å². The summed E-state index contributed by atoms with van der Waals surface area (Å²) in [5, 5.41) is 10.5. The highest BCUT2D eigenvalue weighted by atomic mass is 127. The number of rotatable bonds is 0. The molecule has 1 aromatic carbocycles. The molecule has 0 aliphatic carbocycles. The van der Waals surface area contributed by atoms with E-state index in [1.165, 1.54) is 9.13 Å². The second-order valence-corrected chi connectivity index (χ2v) is 3.58. The van der Waals surface area contributed by atoms with Crippen LogP contribution in [-0.2, 0) is 0 Å². The third-order valence-electron chi connectivity index (χ3n) is 1.60. The van der Waals surface area contributed by atoms with E-state index >= 15 is 0 Å². The number of aryl methyl sites for hydroxylation is 1. The molecule has 1 aromatic heterocycles. The first kappa shape index (κ1) is 7.02. The van der Waals surface area contributed by atoms with Crippen LogP contribution in [0.2, 0.25) is 0 Å².